The third kappa shape index (κ3) is 3.99. The lowest BCUT2D eigenvalue weighted by Crippen LogP contribution is -2.23. The van der Waals surface area contributed by atoms with Gasteiger partial charge in [-0.3, -0.25) is 0 Å². The van der Waals surface area contributed by atoms with Crippen LogP contribution >= 0.6 is 11.3 Å². The van der Waals surface area contributed by atoms with Crippen molar-refractivity contribution in [2.45, 2.75) is 26.3 Å². The van der Waals surface area contributed by atoms with E-state index in [-0.39, 0.29) is 6.04 Å². The van der Waals surface area contributed by atoms with E-state index in [0.717, 1.165) is 24.5 Å². The summed E-state index contributed by atoms with van der Waals surface area (Å²) in [6.45, 7) is 5.82. The maximum atomic E-state index is 5.79. The SMILES string of the molecule is CCCNC(c1cc(OC)cs1)c1ccccc1OCC. The topological polar surface area (TPSA) is 30.5 Å². The molecule has 0 aliphatic heterocycles. The third-order valence-electron chi connectivity index (χ3n) is 3.24. The highest BCUT2D eigenvalue weighted by Crippen LogP contribution is 2.35. The van der Waals surface area contributed by atoms with Crippen LogP contribution in [0.15, 0.2) is 35.7 Å². The summed E-state index contributed by atoms with van der Waals surface area (Å²) in [5.74, 6) is 1.85. The Morgan fingerprint density at radius 3 is 2.71 bits per heavy atom. The third-order valence-corrected chi connectivity index (χ3v) is 4.22. The normalized spacial score (nSPS) is 12.1. The van der Waals surface area contributed by atoms with Gasteiger partial charge in [-0.2, -0.15) is 0 Å². The minimum Gasteiger partial charge on any atom is -0.496 e. The molecule has 0 radical (unpaired) electrons. The van der Waals surface area contributed by atoms with Gasteiger partial charge in [0.15, 0.2) is 0 Å². The quantitative estimate of drug-likeness (QED) is 0.791. The number of rotatable bonds is 8. The fourth-order valence-corrected chi connectivity index (χ4v) is 3.20. The van der Waals surface area contributed by atoms with Gasteiger partial charge in [-0.25, -0.2) is 0 Å². The molecule has 0 spiro atoms. The van der Waals surface area contributed by atoms with Crippen molar-refractivity contribution in [3.05, 3.63) is 46.2 Å². The van der Waals surface area contributed by atoms with Crippen LogP contribution in [0.1, 0.15) is 36.8 Å². The molecule has 0 saturated carbocycles. The number of para-hydroxylation sites is 1. The molecule has 21 heavy (non-hydrogen) atoms. The highest BCUT2D eigenvalue weighted by Gasteiger charge is 2.19. The molecule has 0 aliphatic carbocycles. The molecule has 1 aromatic carbocycles. The van der Waals surface area contributed by atoms with Gasteiger partial charge in [0.05, 0.1) is 19.8 Å². The van der Waals surface area contributed by atoms with Crippen molar-refractivity contribution in [1.29, 1.82) is 0 Å². The van der Waals surface area contributed by atoms with E-state index in [1.807, 2.05) is 24.4 Å². The Morgan fingerprint density at radius 1 is 1.24 bits per heavy atom. The first kappa shape index (κ1) is 15.9. The molecule has 4 heteroatoms. The molecule has 1 unspecified atom stereocenters. The van der Waals surface area contributed by atoms with Gasteiger partial charge < -0.3 is 14.8 Å². The van der Waals surface area contributed by atoms with Crippen LogP contribution in [0.2, 0.25) is 0 Å². The summed E-state index contributed by atoms with van der Waals surface area (Å²) < 4.78 is 11.1. The number of hydrogen-bond acceptors (Lipinski definition) is 4. The summed E-state index contributed by atoms with van der Waals surface area (Å²) in [7, 11) is 1.70. The molecule has 0 amide bonds. The van der Waals surface area contributed by atoms with Gasteiger partial charge in [0, 0.05) is 15.8 Å². The van der Waals surface area contributed by atoms with E-state index < -0.39 is 0 Å². The molecule has 1 aromatic heterocycles. The van der Waals surface area contributed by atoms with Crippen molar-refractivity contribution >= 4 is 11.3 Å². The lowest BCUT2D eigenvalue weighted by molar-refractivity contribution is 0.333. The van der Waals surface area contributed by atoms with Crippen molar-refractivity contribution < 1.29 is 9.47 Å². The predicted octanol–water partition coefficient (Wildman–Crippen LogP) is 4.24. The maximum absolute atomic E-state index is 5.79. The average molecular weight is 305 g/mol. The summed E-state index contributed by atoms with van der Waals surface area (Å²) in [6, 6.07) is 10.5. The zero-order chi connectivity index (χ0) is 15.1. The fraction of sp³-hybridized carbons (Fsp3) is 0.412. The number of methoxy groups -OCH3 is 1. The van der Waals surface area contributed by atoms with Crippen LogP contribution in [-0.2, 0) is 0 Å². The zero-order valence-corrected chi connectivity index (χ0v) is 13.7. The first-order valence-corrected chi connectivity index (χ1v) is 8.25. The van der Waals surface area contributed by atoms with E-state index in [9.17, 15) is 0 Å². The zero-order valence-electron chi connectivity index (χ0n) is 12.9. The van der Waals surface area contributed by atoms with E-state index in [4.69, 9.17) is 9.47 Å². The Balaban J connectivity index is 2.35. The van der Waals surface area contributed by atoms with E-state index in [1.165, 1.54) is 10.4 Å². The highest BCUT2D eigenvalue weighted by atomic mass is 32.1. The van der Waals surface area contributed by atoms with Gasteiger partial charge in [0.2, 0.25) is 0 Å². The minimum atomic E-state index is 0.140. The van der Waals surface area contributed by atoms with Crippen molar-refractivity contribution in [1.82, 2.24) is 5.32 Å². The summed E-state index contributed by atoms with van der Waals surface area (Å²) in [4.78, 5) is 1.24. The molecule has 114 valence electrons. The van der Waals surface area contributed by atoms with Crippen LogP contribution in [0.3, 0.4) is 0 Å². The Kier molecular flexibility index (Phi) is 6.08. The molecule has 1 N–H and O–H groups in total. The van der Waals surface area contributed by atoms with Crippen molar-refractivity contribution in [3.63, 3.8) is 0 Å². The van der Waals surface area contributed by atoms with Crippen molar-refractivity contribution in [2.75, 3.05) is 20.3 Å². The van der Waals surface area contributed by atoms with Gasteiger partial charge in [0.1, 0.15) is 11.5 Å². The molecule has 2 rings (SSSR count). The molecule has 0 bridgehead atoms. The molecule has 3 nitrogen and oxygen atoms in total. The van der Waals surface area contributed by atoms with E-state index >= 15 is 0 Å². The maximum Gasteiger partial charge on any atom is 0.129 e. The number of nitrogens with one attached hydrogen (secondary N) is 1. The second-order valence-electron chi connectivity index (χ2n) is 4.75. The average Bonchev–Trinajstić information content (AvgIpc) is 2.98. The lowest BCUT2D eigenvalue weighted by Gasteiger charge is -2.20. The van der Waals surface area contributed by atoms with Crippen LogP contribution in [-0.4, -0.2) is 20.3 Å². The molecule has 0 aliphatic rings. The van der Waals surface area contributed by atoms with Gasteiger partial charge in [0.25, 0.3) is 0 Å². The van der Waals surface area contributed by atoms with Gasteiger partial charge in [-0.05, 0) is 32.0 Å². The molecule has 2 aromatic rings. The molecular weight excluding hydrogens is 282 g/mol. The van der Waals surface area contributed by atoms with Crippen LogP contribution in [0.5, 0.6) is 11.5 Å². The Morgan fingerprint density at radius 2 is 2.05 bits per heavy atom. The van der Waals surface area contributed by atoms with Gasteiger partial charge >= 0.3 is 0 Å². The van der Waals surface area contributed by atoms with E-state index in [0.29, 0.717) is 6.61 Å². The minimum absolute atomic E-state index is 0.140. The monoisotopic (exact) mass is 305 g/mol. The van der Waals surface area contributed by atoms with Gasteiger partial charge in [-0.15, -0.1) is 11.3 Å². The van der Waals surface area contributed by atoms with Gasteiger partial charge in [-0.1, -0.05) is 25.1 Å². The Labute approximate surface area is 130 Å². The largest absolute Gasteiger partial charge is 0.496 e. The van der Waals surface area contributed by atoms with Crippen molar-refractivity contribution in [2.24, 2.45) is 0 Å². The first-order chi connectivity index (χ1) is 10.3. The Bertz CT molecular complexity index is 553. The standard InChI is InChI=1S/C17H23NO2S/c1-4-10-18-17(16-11-13(19-3)12-21-16)14-8-6-7-9-15(14)20-5-2/h6-9,11-12,17-18H,4-5,10H2,1-3H3. The summed E-state index contributed by atoms with van der Waals surface area (Å²) in [5, 5.41) is 5.65. The molecule has 1 atom stereocenters. The van der Waals surface area contributed by atoms with E-state index in [1.54, 1.807) is 18.4 Å². The van der Waals surface area contributed by atoms with E-state index in [2.05, 4.69) is 30.4 Å². The number of thiophene rings is 1. The van der Waals surface area contributed by atoms with Crippen LogP contribution in [0.25, 0.3) is 0 Å². The number of benzene rings is 1. The molecule has 0 fully saturated rings. The Hall–Kier alpha value is -1.52. The molecule has 0 saturated heterocycles. The number of hydrogen-bond donors (Lipinski definition) is 1. The fourth-order valence-electron chi connectivity index (χ4n) is 2.25. The van der Waals surface area contributed by atoms with Crippen LogP contribution in [0, 0.1) is 0 Å². The summed E-state index contributed by atoms with van der Waals surface area (Å²) in [6.07, 6.45) is 1.09. The summed E-state index contributed by atoms with van der Waals surface area (Å²) in [5.41, 5.74) is 1.18. The molecular formula is C17H23NO2S. The van der Waals surface area contributed by atoms with Crippen LogP contribution in [0.4, 0.5) is 0 Å². The lowest BCUT2D eigenvalue weighted by atomic mass is 10.0. The number of ether oxygens (including phenoxy) is 2. The first-order valence-electron chi connectivity index (χ1n) is 7.37. The second-order valence-corrected chi connectivity index (χ2v) is 5.69. The smallest absolute Gasteiger partial charge is 0.129 e. The van der Waals surface area contributed by atoms with Crippen molar-refractivity contribution in [3.8, 4) is 11.5 Å². The highest BCUT2D eigenvalue weighted by molar-refractivity contribution is 7.10. The predicted molar refractivity (Wildman–Crippen MR) is 88.6 cm³/mol. The second kappa shape index (κ2) is 8.05. The van der Waals surface area contributed by atoms with Crippen LogP contribution < -0.4 is 14.8 Å². The summed E-state index contributed by atoms with van der Waals surface area (Å²) >= 11 is 1.71. The molecule has 1 heterocycles.